The number of hydrogen-bond donors (Lipinski definition) is 1. The van der Waals surface area contributed by atoms with Gasteiger partial charge >= 0.3 is 0 Å². The summed E-state index contributed by atoms with van der Waals surface area (Å²) < 4.78 is 16.5. The van der Waals surface area contributed by atoms with E-state index in [1.165, 1.54) is 0 Å². The van der Waals surface area contributed by atoms with Gasteiger partial charge in [-0.15, -0.1) is 0 Å². The second-order valence-electron chi connectivity index (χ2n) is 5.15. The average Bonchev–Trinajstić information content (AvgIpc) is 2.85. The van der Waals surface area contributed by atoms with Crippen molar-refractivity contribution in [3.05, 3.63) is 46.9 Å². The van der Waals surface area contributed by atoms with E-state index in [0.29, 0.717) is 36.8 Å². The van der Waals surface area contributed by atoms with E-state index in [1.807, 2.05) is 33.8 Å². The summed E-state index contributed by atoms with van der Waals surface area (Å²) in [6.45, 7) is 9.07. The van der Waals surface area contributed by atoms with Gasteiger partial charge in [0.1, 0.15) is 11.5 Å². The van der Waals surface area contributed by atoms with Gasteiger partial charge in [0.2, 0.25) is 0 Å². The Kier molecular flexibility index (Phi) is 5.68. The number of ether oxygens (including phenoxy) is 2. The van der Waals surface area contributed by atoms with Gasteiger partial charge in [0.15, 0.2) is 11.5 Å². The second-order valence-corrected chi connectivity index (χ2v) is 5.15. The summed E-state index contributed by atoms with van der Waals surface area (Å²) in [5.41, 5.74) is 1.52. The molecule has 0 radical (unpaired) electrons. The second kappa shape index (κ2) is 7.72. The molecule has 5 nitrogen and oxygen atoms in total. The Morgan fingerprint density at radius 1 is 1.09 bits per heavy atom. The number of rotatable bonds is 7. The topological polar surface area (TPSA) is 60.7 Å². The van der Waals surface area contributed by atoms with Crippen LogP contribution in [0.5, 0.6) is 11.5 Å². The third kappa shape index (κ3) is 4.28. The van der Waals surface area contributed by atoms with Crippen molar-refractivity contribution >= 4 is 5.91 Å². The molecule has 2 aromatic rings. The van der Waals surface area contributed by atoms with Crippen molar-refractivity contribution in [3.63, 3.8) is 0 Å². The van der Waals surface area contributed by atoms with Crippen molar-refractivity contribution in [2.45, 2.75) is 34.2 Å². The van der Waals surface area contributed by atoms with Crippen LogP contribution >= 0.6 is 0 Å². The van der Waals surface area contributed by atoms with Crippen LogP contribution in [-0.2, 0) is 6.54 Å². The van der Waals surface area contributed by atoms with Gasteiger partial charge < -0.3 is 19.2 Å². The van der Waals surface area contributed by atoms with E-state index < -0.39 is 0 Å². The van der Waals surface area contributed by atoms with E-state index in [0.717, 1.165) is 17.1 Å². The van der Waals surface area contributed by atoms with Crippen LogP contribution in [0.15, 0.2) is 28.7 Å². The number of hydrogen-bond acceptors (Lipinski definition) is 4. The molecule has 2 rings (SSSR count). The summed E-state index contributed by atoms with van der Waals surface area (Å²) in [4.78, 5) is 12.3. The van der Waals surface area contributed by atoms with Crippen LogP contribution in [0.4, 0.5) is 0 Å². The zero-order valence-electron chi connectivity index (χ0n) is 14.1. The van der Waals surface area contributed by atoms with Gasteiger partial charge in [-0.25, -0.2) is 0 Å². The molecule has 0 saturated heterocycles. The van der Waals surface area contributed by atoms with Crippen LogP contribution < -0.4 is 14.8 Å². The maximum atomic E-state index is 12.3. The van der Waals surface area contributed by atoms with Crippen molar-refractivity contribution in [1.82, 2.24) is 5.32 Å². The molecule has 0 aliphatic rings. The Hall–Kier alpha value is -2.43. The van der Waals surface area contributed by atoms with E-state index >= 15 is 0 Å². The smallest absolute Gasteiger partial charge is 0.251 e. The maximum absolute atomic E-state index is 12.3. The van der Waals surface area contributed by atoms with Crippen LogP contribution in [-0.4, -0.2) is 19.1 Å². The highest BCUT2D eigenvalue weighted by atomic mass is 16.5. The highest BCUT2D eigenvalue weighted by molar-refractivity contribution is 5.94. The summed E-state index contributed by atoms with van der Waals surface area (Å²) in [6, 6.07) is 7.13. The van der Waals surface area contributed by atoms with Gasteiger partial charge in [0.25, 0.3) is 5.91 Å². The molecule has 0 unspecified atom stereocenters. The molecule has 0 bridgehead atoms. The molecular weight excluding hydrogens is 294 g/mol. The third-order valence-electron chi connectivity index (χ3n) is 3.39. The van der Waals surface area contributed by atoms with Gasteiger partial charge in [-0.05, 0) is 52.0 Å². The molecule has 1 N–H and O–H groups in total. The van der Waals surface area contributed by atoms with Crippen molar-refractivity contribution in [3.8, 4) is 11.5 Å². The molecule has 1 heterocycles. The van der Waals surface area contributed by atoms with E-state index in [-0.39, 0.29) is 5.91 Å². The van der Waals surface area contributed by atoms with Crippen molar-refractivity contribution in [2.75, 3.05) is 13.2 Å². The quantitative estimate of drug-likeness (QED) is 0.847. The molecule has 1 aromatic carbocycles. The number of carbonyl (C=O) groups excluding carboxylic acids is 1. The van der Waals surface area contributed by atoms with E-state index in [1.54, 1.807) is 18.2 Å². The fraction of sp³-hybridized carbons (Fsp3) is 0.389. The molecule has 0 aliphatic carbocycles. The fourth-order valence-electron chi connectivity index (χ4n) is 2.33. The number of carbonyl (C=O) groups is 1. The lowest BCUT2D eigenvalue weighted by Crippen LogP contribution is -2.23. The summed E-state index contributed by atoms with van der Waals surface area (Å²) in [6.07, 6.45) is 0. The first-order valence-electron chi connectivity index (χ1n) is 7.78. The van der Waals surface area contributed by atoms with Gasteiger partial charge in [-0.3, -0.25) is 4.79 Å². The average molecular weight is 317 g/mol. The number of furan rings is 1. The van der Waals surface area contributed by atoms with Crippen LogP contribution in [0.2, 0.25) is 0 Å². The van der Waals surface area contributed by atoms with Crippen LogP contribution in [0.25, 0.3) is 0 Å². The highest BCUT2D eigenvalue weighted by Crippen LogP contribution is 2.28. The van der Waals surface area contributed by atoms with E-state index in [9.17, 15) is 4.79 Å². The number of benzene rings is 1. The lowest BCUT2D eigenvalue weighted by Gasteiger charge is -2.12. The monoisotopic (exact) mass is 317 g/mol. The fourth-order valence-corrected chi connectivity index (χ4v) is 2.33. The molecule has 0 aliphatic heterocycles. The van der Waals surface area contributed by atoms with Crippen LogP contribution in [0, 0.1) is 13.8 Å². The Labute approximate surface area is 136 Å². The van der Waals surface area contributed by atoms with Crippen molar-refractivity contribution < 1.29 is 18.7 Å². The lowest BCUT2D eigenvalue weighted by molar-refractivity contribution is 0.0950. The largest absolute Gasteiger partial charge is 0.490 e. The maximum Gasteiger partial charge on any atom is 0.251 e. The molecule has 1 amide bonds. The summed E-state index contributed by atoms with van der Waals surface area (Å²) in [7, 11) is 0. The molecule has 0 spiro atoms. The predicted octanol–water partition coefficient (Wildman–Crippen LogP) is 3.62. The molecule has 23 heavy (non-hydrogen) atoms. The van der Waals surface area contributed by atoms with Gasteiger partial charge in [0, 0.05) is 17.7 Å². The molecule has 5 heteroatoms. The van der Waals surface area contributed by atoms with Crippen LogP contribution in [0.3, 0.4) is 0 Å². The lowest BCUT2D eigenvalue weighted by atomic mass is 10.1. The Morgan fingerprint density at radius 3 is 2.39 bits per heavy atom. The first-order valence-corrected chi connectivity index (χ1v) is 7.78. The normalized spacial score (nSPS) is 10.4. The Morgan fingerprint density at radius 2 is 1.78 bits per heavy atom. The third-order valence-corrected chi connectivity index (χ3v) is 3.39. The van der Waals surface area contributed by atoms with E-state index in [4.69, 9.17) is 13.9 Å². The first kappa shape index (κ1) is 16.9. The SMILES string of the molecule is CCOc1ccc(C(=O)NCc2cc(C)oc2C)cc1OCC. The van der Waals surface area contributed by atoms with Crippen molar-refractivity contribution in [2.24, 2.45) is 0 Å². The van der Waals surface area contributed by atoms with E-state index in [2.05, 4.69) is 5.32 Å². The number of nitrogens with one attached hydrogen (secondary N) is 1. The zero-order valence-corrected chi connectivity index (χ0v) is 14.1. The van der Waals surface area contributed by atoms with Crippen LogP contribution in [0.1, 0.15) is 41.3 Å². The molecular formula is C18H23NO4. The van der Waals surface area contributed by atoms with Gasteiger partial charge in [-0.2, -0.15) is 0 Å². The minimum atomic E-state index is -0.160. The highest BCUT2D eigenvalue weighted by Gasteiger charge is 2.12. The van der Waals surface area contributed by atoms with Gasteiger partial charge in [-0.1, -0.05) is 0 Å². The summed E-state index contributed by atoms with van der Waals surface area (Å²) >= 11 is 0. The zero-order chi connectivity index (χ0) is 16.8. The summed E-state index contributed by atoms with van der Waals surface area (Å²) in [5.74, 6) is 2.73. The number of aryl methyl sites for hydroxylation is 2. The molecule has 124 valence electrons. The van der Waals surface area contributed by atoms with Crippen molar-refractivity contribution in [1.29, 1.82) is 0 Å². The summed E-state index contributed by atoms with van der Waals surface area (Å²) in [5, 5.41) is 2.89. The van der Waals surface area contributed by atoms with Gasteiger partial charge in [0.05, 0.1) is 13.2 Å². The Balaban J connectivity index is 2.09. The predicted molar refractivity (Wildman–Crippen MR) is 88.1 cm³/mol. The molecule has 0 fully saturated rings. The minimum absolute atomic E-state index is 0.160. The molecule has 1 aromatic heterocycles. The molecule has 0 saturated carbocycles. The minimum Gasteiger partial charge on any atom is -0.490 e. The molecule has 0 atom stereocenters. The Bertz CT molecular complexity index is 676. The first-order chi connectivity index (χ1) is 11.0. The number of amides is 1. The standard InChI is InChI=1S/C18H23NO4/c1-5-21-16-8-7-14(10-17(16)22-6-2)18(20)19-11-15-9-12(3)23-13(15)4/h7-10H,5-6,11H2,1-4H3,(H,19,20).